The van der Waals surface area contributed by atoms with Gasteiger partial charge in [0.15, 0.2) is 0 Å². The van der Waals surface area contributed by atoms with Crippen LogP contribution in [0.2, 0.25) is 5.02 Å². The number of thioether (sulfide) groups is 1. The van der Waals surface area contributed by atoms with Gasteiger partial charge in [0.25, 0.3) is 0 Å². The molecule has 0 saturated carbocycles. The average Bonchev–Trinajstić information content (AvgIpc) is 2.76. The number of hydrogen-bond donors (Lipinski definition) is 2. The molecule has 2 N–H and O–H groups in total. The van der Waals surface area contributed by atoms with Crippen LogP contribution in [0, 0.1) is 0 Å². The maximum Gasteiger partial charge on any atom is 0.234 e. The zero-order valence-corrected chi connectivity index (χ0v) is 18.6. The second-order valence-electron chi connectivity index (χ2n) is 6.67. The Balaban J connectivity index is 1.43. The Kier molecular flexibility index (Phi) is 8.38. The number of carbonyl (C=O) groups excluding carboxylic acids is 2. The highest BCUT2D eigenvalue weighted by atomic mass is 35.5. The molecule has 3 aromatic rings. The first kappa shape index (κ1) is 22.7. The minimum absolute atomic E-state index is 0.0884. The standard InChI is InChI=1S/C24H23ClN2O3S/c1-2-30-21-11-7-19(8-12-21)27-24(29)16-31-22-13-9-20(10-14-22)26-23(28)15-17-3-5-18(25)6-4-17/h3-14H,2,15-16H2,1H3,(H,26,28)(H,27,29). The lowest BCUT2D eigenvalue weighted by Gasteiger charge is -2.08. The maximum atomic E-state index is 12.2. The molecule has 0 aliphatic carbocycles. The van der Waals surface area contributed by atoms with Crippen molar-refractivity contribution >= 4 is 46.6 Å². The van der Waals surface area contributed by atoms with Crippen LogP contribution in [0.1, 0.15) is 12.5 Å². The number of ether oxygens (including phenoxy) is 1. The molecule has 0 aromatic heterocycles. The molecule has 0 fully saturated rings. The fraction of sp³-hybridized carbons (Fsp3) is 0.167. The Morgan fingerprint density at radius 3 is 2.03 bits per heavy atom. The second kappa shape index (κ2) is 11.4. The molecule has 7 heteroatoms. The minimum Gasteiger partial charge on any atom is -0.494 e. The van der Waals surface area contributed by atoms with Gasteiger partial charge in [-0.3, -0.25) is 9.59 Å². The van der Waals surface area contributed by atoms with Crippen LogP contribution >= 0.6 is 23.4 Å². The highest BCUT2D eigenvalue weighted by Crippen LogP contribution is 2.21. The van der Waals surface area contributed by atoms with E-state index >= 15 is 0 Å². The Hall–Kier alpha value is -2.96. The SMILES string of the molecule is CCOc1ccc(NC(=O)CSc2ccc(NC(=O)Cc3ccc(Cl)cc3)cc2)cc1. The monoisotopic (exact) mass is 454 g/mol. The summed E-state index contributed by atoms with van der Waals surface area (Å²) in [7, 11) is 0. The quantitative estimate of drug-likeness (QED) is 0.410. The van der Waals surface area contributed by atoms with Gasteiger partial charge in [-0.05, 0) is 73.2 Å². The van der Waals surface area contributed by atoms with Gasteiger partial charge in [-0.2, -0.15) is 0 Å². The van der Waals surface area contributed by atoms with Gasteiger partial charge in [-0.25, -0.2) is 0 Å². The summed E-state index contributed by atoms with van der Waals surface area (Å²) in [5.41, 5.74) is 2.34. The van der Waals surface area contributed by atoms with Crippen LogP contribution in [-0.2, 0) is 16.0 Å². The first-order valence-corrected chi connectivity index (χ1v) is 11.2. The van der Waals surface area contributed by atoms with Crippen molar-refractivity contribution in [2.75, 3.05) is 23.0 Å². The molecule has 0 atom stereocenters. The molecule has 0 aliphatic rings. The zero-order valence-electron chi connectivity index (χ0n) is 17.1. The molecule has 0 aliphatic heterocycles. The lowest BCUT2D eigenvalue weighted by atomic mass is 10.1. The summed E-state index contributed by atoms with van der Waals surface area (Å²) in [4.78, 5) is 25.3. The van der Waals surface area contributed by atoms with Crippen LogP contribution in [0.15, 0.2) is 77.7 Å². The lowest BCUT2D eigenvalue weighted by Crippen LogP contribution is -2.14. The molecule has 3 aromatic carbocycles. The number of rotatable bonds is 9. The number of hydrogen-bond acceptors (Lipinski definition) is 4. The van der Waals surface area contributed by atoms with Crippen LogP contribution in [0.4, 0.5) is 11.4 Å². The van der Waals surface area contributed by atoms with E-state index in [-0.39, 0.29) is 24.0 Å². The van der Waals surface area contributed by atoms with Crippen molar-refractivity contribution in [2.24, 2.45) is 0 Å². The van der Waals surface area contributed by atoms with Crippen molar-refractivity contribution in [3.05, 3.63) is 83.4 Å². The van der Waals surface area contributed by atoms with E-state index in [2.05, 4.69) is 10.6 Å². The number of carbonyl (C=O) groups is 2. The summed E-state index contributed by atoms with van der Waals surface area (Å²) < 4.78 is 5.39. The summed E-state index contributed by atoms with van der Waals surface area (Å²) in [6.07, 6.45) is 0.277. The van der Waals surface area contributed by atoms with Crippen LogP contribution in [-0.4, -0.2) is 24.2 Å². The fourth-order valence-electron chi connectivity index (χ4n) is 2.77. The van der Waals surface area contributed by atoms with Crippen LogP contribution in [0.25, 0.3) is 0 Å². The third-order valence-electron chi connectivity index (χ3n) is 4.24. The fourth-order valence-corrected chi connectivity index (χ4v) is 3.60. The highest BCUT2D eigenvalue weighted by Gasteiger charge is 2.07. The molecule has 160 valence electrons. The van der Waals surface area contributed by atoms with E-state index in [9.17, 15) is 9.59 Å². The molecule has 0 unspecified atom stereocenters. The van der Waals surface area contributed by atoms with E-state index in [1.807, 2.05) is 67.6 Å². The van der Waals surface area contributed by atoms with Crippen molar-refractivity contribution < 1.29 is 14.3 Å². The number of benzene rings is 3. The number of anilines is 2. The van der Waals surface area contributed by atoms with Crippen LogP contribution in [0.5, 0.6) is 5.75 Å². The van der Waals surface area contributed by atoms with E-state index in [0.29, 0.717) is 17.3 Å². The highest BCUT2D eigenvalue weighted by molar-refractivity contribution is 8.00. The molecule has 0 saturated heterocycles. The van der Waals surface area contributed by atoms with E-state index in [1.165, 1.54) is 11.8 Å². The van der Waals surface area contributed by atoms with E-state index < -0.39 is 0 Å². The number of nitrogens with one attached hydrogen (secondary N) is 2. The van der Waals surface area contributed by atoms with Crippen molar-refractivity contribution in [3.63, 3.8) is 0 Å². The minimum atomic E-state index is -0.0996. The van der Waals surface area contributed by atoms with E-state index in [4.69, 9.17) is 16.3 Å². The van der Waals surface area contributed by atoms with E-state index in [1.54, 1.807) is 12.1 Å². The van der Waals surface area contributed by atoms with Gasteiger partial charge in [-0.15, -0.1) is 11.8 Å². The van der Waals surface area contributed by atoms with Crippen LogP contribution in [0.3, 0.4) is 0 Å². The van der Waals surface area contributed by atoms with Crippen LogP contribution < -0.4 is 15.4 Å². The Morgan fingerprint density at radius 2 is 1.42 bits per heavy atom. The average molecular weight is 455 g/mol. The summed E-state index contributed by atoms with van der Waals surface area (Å²) in [6, 6.07) is 21.9. The number of amides is 2. The lowest BCUT2D eigenvalue weighted by molar-refractivity contribution is -0.115. The smallest absolute Gasteiger partial charge is 0.234 e. The number of halogens is 1. The Morgan fingerprint density at radius 1 is 0.839 bits per heavy atom. The molecule has 2 amide bonds. The molecule has 0 bridgehead atoms. The Labute approximate surface area is 191 Å². The Bertz CT molecular complexity index is 1010. The van der Waals surface area contributed by atoms with Gasteiger partial charge in [0.1, 0.15) is 5.75 Å². The first-order chi connectivity index (χ1) is 15.0. The van der Waals surface area contributed by atoms with Gasteiger partial charge in [-0.1, -0.05) is 23.7 Å². The van der Waals surface area contributed by atoms with Gasteiger partial charge in [0.05, 0.1) is 18.8 Å². The van der Waals surface area contributed by atoms with Gasteiger partial charge in [0, 0.05) is 21.3 Å². The molecule has 0 heterocycles. The normalized spacial score (nSPS) is 10.4. The van der Waals surface area contributed by atoms with Crippen molar-refractivity contribution in [1.82, 2.24) is 0 Å². The third kappa shape index (κ3) is 7.66. The topological polar surface area (TPSA) is 67.4 Å². The molecular weight excluding hydrogens is 432 g/mol. The summed E-state index contributed by atoms with van der Waals surface area (Å²) in [6.45, 7) is 2.53. The second-order valence-corrected chi connectivity index (χ2v) is 8.16. The molecular formula is C24H23ClN2O3S. The summed E-state index contributed by atoms with van der Waals surface area (Å²) in [5, 5.41) is 6.38. The maximum absolute atomic E-state index is 12.2. The largest absolute Gasteiger partial charge is 0.494 e. The molecule has 0 radical (unpaired) electrons. The molecule has 0 spiro atoms. The summed E-state index contributed by atoms with van der Waals surface area (Å²) >= 11 is 7.29. The van der Waals surface area contributed by atoms with Crippen molar-refractivity contribution in [3.8, 4) is 5.75 Å². The first-order valence-electron chi connectivity index (χ1n) is 9.81. The van der Waals surface area contributed by atoms with Gasteiger partial charge < -0.3 is 15.4 Å². The van der Waals surface area contributed by atoms with Crippen molar-refractivity contribution in [2.45, 2.75) is 18.2 Å². The molecule has 31 heavy (non-hydrogen) atoms. The van der Waals surface area contributed by atoms with Gasteiger partial charge >= 0.3 is 0 Å². The summed E-state index contributed by atoms with van der Waals surface area (Å²) in [5.74, 6) is 0.873. The van der Waals surface area contributed by atoms with Gasteiger partial charge in [0.2, 0.25) is 11.8 Å². The molecule has 3 rings (SSSR count). The molecule has 5 nitrogen and oxygen atoms in total. The predicted octanol–water partition coefficient (Wildman–Crippen LogP) is 5.65. The zero-order chi connectivity index (χ0) is 22.1. The predicted molar refractivity (Wildman–Crippen MR) is 127 cm³/mol. The third-order valence-corrected chi connectivity index (χ3v) is 5.50. The van der Waals surface area contributed by atoms with E-state index in [0.717, 1.165) is 21.9 Å². The van der Waals surface area contributed by atoms with Crippen molar-refractivity contribution in [1.29, 1.82) is 0 Å².